The fourth-order valence-electron chi connectivity index (χ4n) is 7.64. The Labute approximate surface area is 355 Å². The Bertz CT molecular complexity index is 870. The van der Waals surface area contributed by atoms with Crippen molar-refractivity contribution < 1.29 is 28.6 Å². The Kier molecular flexibility index (Phi) is 42.7. The van der Waals surface area contributed by atoms with E-state index in [2.05, 4.69) is 34.6 Å². The molecule has 0 radical (unpaired) electrons. The van der Waals surface area contributed by atoms with Crippen LogP contribution in [0.3, 0.4) is 0 Å². The highest BCUT2D eigenvalue weighted by Gasteiger charge is 2.19. The van der Waals surface area contributed by atoms with Gasteiger partial charge in [0.2, 0.25) is 0 Å². The topological polar surface area (TPSA) is 78.9 Å². The number of rotatable bonds is 45. The van der Waals surface area contributed by atoms with Gasteiger partial charge in [-0.3, -0.25) is 14.4 Å². The second-order valence-electron chi connectivity index (χ2n) is 18.4. The van der Waals surface area contributed by atoms with Crippen LogP contribution < -0.4 is 0 Å². The number of unbranched alkanes of at least 4 members (excludes halogenated alkanes) is 30. The molecule has 0 saturated carbocycles. The fraction of sp³-hybridized carbons (Fsp3) is 0.941. The average Bonchev–Trinajstić information content (AvgIpc) is 3.18. The van der Waals surface area contributed by atoms with Crippen LogP contribution in [0.25, 0.3) is 0 Å². The van der Waals surface area contributed by atoms with Crippen LogP contribution in [0.5, 0.6) is 0 Å². The summed E-state index contributed by atoms with van der Waals surface area (Å²) >= 11 is 0. The van der Waals surface area contributed by atoms with Crippen LogP contribution in [0, 0.1) is 11.8 Å². The molecule has 6 nitrogen and oxygen atoms in total. The Morgan fingerprint density at radius 3 is 0.860 bits per heavy atom. The first-order valence-corrected chi connectivity index (χ1v) is 25.2. The summed E-state index contributed by atoms with van der Waals surface area (Å²) < 4.78 is 16.7. The molecule has 0 aliphatic rings. The molecule has 0 spiro atoms. The van der Waals surface area contributed by atoms with Crippen LogP contribution >= 0.6 is 0 Å². The van der Waals surface area contributed by atoms with Gasteiger partial charge in [-0.15, -0.1) is 0 Å². The van der Waals surface area contributed by atoms with Crippen molar-refractivity contribution in [2.24, 2.45) is 11.8 Å². The number of hydrogen-bond acceptors (Lipinski definition) is 6. The zero-order chi connectivity index (χ0) is 41.9. The predicted octanol–water partition coefficient (Wildman–Crippen LogP) is 16.1. The molecule has 0 N–H and O–H groups in total. The van der Waals surface area contributed by atoms with Gasteiger partial charge in [-0.25, -0.2) is 0 Å². The average molecular weight is 807 g/mol. The largest absolute Gasteiger partial charge is 0.462 e. The van der Waals surface area contributed by atoms with Gasteiger partial charge in [0.15, 0.2) is 6.10 Å². The third-order valence-electron chi connectivity index (χ3n) is 11.5. The van der Waals surface area contributed by atoms with Crippen LogP contribution in [-0.4, -0.2) is 37.2 Å². The SMILES string of the molecule is CCCCCCCCCCCCCCCCCCCCCC(=O)OC[C@H](COC(=O)CCCCCCCCCCC(C)C)OC(=O)CCCCCCCCC(C)C. The molecule has 0 aromatic heterocycles. The molecule has 0 aliphatic carbocycles. The first-order chi connectivity index (χ1) is 27.7. The molecule has 0 aromatic carbocycles. The zero-order valence-corrected chi connectivity index (χ0v) is 39.0. The molecule has 57 heavy (non-hydrogen) atoms. The van der Waals surface area contributed by atoms with E-state index in [9.17, 15) is 14.4 Å². The highest BCUT2D eigenvalue weighted by molar-refractivity contribution is 5.71. The summed E-state index contributed by atoms with van der Waals surface area (Å²) in [6.07, 6.45) is 44.0. The molecule has 0 bridgehead atoms. The third kappa shape index (κ3) is 45.3. The number of ether oxygens (including phenoxy) is 3. The summed E-state index contributed by atoms with van der Waals surface area (Å²) in [5.74, 6) is 0.696. The van der Waals surface area contributed by atoms with E-state index in [4.69, 9.17) is 14.2 Å². The molecule has 0 heterocycles. The molecule has 0 unspecified atom stereocenters. The summed E-state index contributed by atoms with van der Waals surface area (Å²) in [7, 11) is 0. The molecule has 0 amide bonds. The van der Waals surface area contributed by atoms with Gasteiger partial charge in [0.1, 0.15) is 13.2 Å². The lowest BCUT2D eigenvalue weighted by atomic mass is 10.0. The number of carbonyl (C=O) groups excluding carboxylic acids is 3. The van der Waals surface area contributed by atoms with Crippen molar-refractivity contribution in [3.05, 3.63) is 0 Å². The van der Waals surface area contributed by atoms with E-state index < -0.39 is 6.10 Å². The Balaban J connectivity index is 4.20. The standard InChI is InChI=1S/C51H98O6/c1-6-7-8-9-10-11-12-13-14-15-16-17-18-19-20-21-25-31-36-41-49(52)55-44-48(57-51(54)43-38-33-28-27-30-35-40-47(4)5)45-56-50(53)42-37-32-26-23-22-24-29-34-39-46(2)3/h46-48H,6-45H2,1-5H3/t48-/m1/s1. The molecule has 1 atom stereocenters. The van der Waals surface area contributed by atoms with Gasteiger partial charge in [0.25, 0.3) is 0 Å². The highest BCUT2D eigenvalue weighted by atomic mass is 16.6. The molecule has 0 aromatic rings. The Morgan fingerprint density at radius 2 is 0.579 bits per heavy atom. The lowest BCUT2D eigenvalue weighted by Crippen LogP contribution is -2.30. The summed E-state index contributed by atoms with van der Waals surface area (Å²) in [6.45, 7) is 11.3. The summed E-state index contributed by atoms with van der Waals surface area (Å²) in [6, 6.07) is 0. The number of esters is 3. The molecular weight excluding hydrogens is 709 g/mol. The van der Waals surface area contributed by atoms with E-state index in [1.807, 2.05) is 0 Å². The molecule has 0 aliphatic heterocycles. The monoisotopic (exact) mass is 807 g/mol. The molecule has 0 fully saturated rings. The van der Waals surface area contributed by atoms with Gasteiger partial charge in [-0.1, -0.05) is 240 Å². The van der Waals surface area contributed by atoms with E-state index in [-0.39, 0.29) is 31.1 Å². The van der Waals surface area contributed by atoms with Gasteiger partial charge in [0, 0.05) is 19.3 Å². The molecular formula is C51H98O6. The van der Waals surface area contributed by atoms with Crippen molar-refractivity contribution in [2.45, 2.75) is 285 Å². The van der Waals surface area contributed by atoms with Gasteiger partial charge in [-0.2, -0.15) is 0 Å². The van der Waals surface area contributed by atoms with Crippen LogP contribution in [0.15, 0.2) is 0 Å². The van der Waals surface area contributed by atoms with Crippen LogP contribution in [-0.2, 0) is 28.6 Å². The van der Waals surface area contributed by atoms with Crippen molar-refractivity contribution in [1.29, 1.82) is 0 Å². The first kappa shape index (κ1) is 55.4. The van der Waals surface area contributed by atoms with Gasteiger partial charge >= 0.3 is 17.9 Å². The van der Waals surface area contributed by atoms with E-state index in [0.717, 1.165) is 69.6 Å². The fourth-order valence-corrected chi connectivity index (χ4v) is 7.64. The van der Waals surface area contributed by atoms with Crippen molar-refractivity contribution in [1.82, 2.24) is 0 Å². The van der Waals surface area contributed by atoms with Crippen molar-refractivity contribution >= 4 is 17.9 Å². The maximum Gasteiger partial charge on any atom is 0.306 e. The first-order valence-electron chi connectivity index (χ1n) is 25.2. The molecule has 0 saturated heterocycles. The summed E-state index contributed by atoms with van der Waals surface area (Å²) in [5.41, 5.74) is 0. The maximum absolute atomic E-state index is 12.7. The minimum atomic E-state index is -0.762. The second kappa shape index (κ2) is 44.0. The lowest BCUT2D eigenvalue weighted by molar-refractivity contribution is -0.167. The lowest BCUT2D eigenvalue weighted by Gasteiger charge is -2.18. The highest BCUT2D eigenvalue weighted by Crippen LogP contribution is 2.17. The minimum absolute atomic E-state index is 0.0655. The second-order valence-corrected chi connectivity index (χ2v) is 18.4. The van der Waals surface area contributed by atoms with E-state index in [0.29, 0.717) is 19.3 Å². The van der Waals surface area contributed by atoms with Gasteiger partial charge in [0.05, 0.1) is 0 Å². The van der Waals surface area contributed by atoms with E-state index in [1.54, 1.807) is 0 Å². The summed E-state index contributed by atoms with van der Waals surface area (Å²) in [5, 5.41) is 0. The van der Waals surface area contributed by atoms with Crippen molar-refractivity contribution in [3.63, 3.8) is 0 Å². The van der Waals surface area contributed by atoms with Gasteiger partial charge in [-0.05, 0) is 31.1 Å². The molecule has 0 rings (SSSR count). The Morgan fingerprint density at radius 1 is 0.333 bits per heavy atom. The van der Waals surface area contributed by atoms with Crippen molar-refractivity contribution in [3.8, 4) is 0 Å². The van der Waals surface area contributed by atoms with E-state index >= 15 is 0 Å². The Hall–Kier alpha value is -1.59. The number of carbonyl (C=O) groups is 3. The van der Waals surface area contributed by atoms with Gasteiger partial charge < -0.3 is 14.2 Å². The minimum Gasteiger partial charge on any atom is -0.462 e. The normalized spacial score (nSPS) is 12.1. The van der Waals surface area contributed by atoms with Crippen molar-refractivity contribution in [2.75, 3.05) is 13.2 Å². The number of hydrogen-bond donors (Lipinski definition) is 0. The third-order valence-corrected chi connectivity index (χ3v) is 11.5. The van der Waals surface area contributed by atoms with Crippen LogP contribution in [0.1, 0.15) is 279 Å². The predicted molar refractivity (Wildman–Crippen MR) is 243 cm³/mol. The maximum atomic E-state index is 12.7. The zero-order valence-electron chi connectivity index (χ0n) is 39.0. The van der Waals surface area contributed by atoms with Crippen LogP contribution in [0.4, 0.5) is 0 Å². The van der Waals surface area contributed by atoms with Crippen LogP contribution in [0.2, 0.25) is 0 Å². The quantitative estimate of drug-likeness (QED) is 0.0346. The summed E-state index contributed by atoms with van der Waals surface area (Å²) in [4.78, 5) is 37.8. The van der Waals surface area contributed by atoms with E-state index in [1.165, 1.54) is 167 Å². The smallest absolute Gasteiger partial charge is 0.306 e. The molecule has 338 valence electrons. The molecule has 6 heteroatoms.